The van der Waals surface area contributed by atoms with Gasteiger partial charge in [-0.2, -0.15) is 0 Å². The van der Waals surface area contributed by atoms with Crippen LogP contribution < -0.4 is 0 Å². The molecule has 8 atom stereocenters. The van der Waals surface area contributed by atoms with Crippen LogP contribution in [0.25, 0.3) is 0 Å². The first kappa shape index (κ1) is 35.6. The molecule has 3 heteroatoms. The second kappa shape index (κ2) is 14.5. The Morgan fingerprint density at radius 2 is 1.51 bits per heavy atom. The minimum atomic E-state index is -0.264. The molecule has 0 aromatic heterocycles. The Morgan fingerprint density at radius 1 is 0.837 bits per heavy atom. The molecule has 240 valence electrons. The predicted molar refractivity (Wildman–Crippen MR) is 182 cm³/mol. The van der Waals surface area contributed by atoms with Crippen LogP contribution in [0.4, 0.5) is 0 Å². The van der Waals surface area contributed by atoms with E-state index in [9.17, 15) is 10.2 Å². The van der Waals surface area contributed by atoms with E-state index in [2.05, 4.69) is 130 Å². The Labute approximate surface area is 264 Å². The van der Waals surface area contributed by atoms with Crippen molar-refractivity contribution in [1.82, 2.24) is 0 Å². The first-order valence-electron chi connectivity index (χ1n) is 17.0. The summed E-state index contributed by atoms with van der Waals surface area (Å²) >= 11 is 0. The summed E-state index contributed by atoms with van der Waals surface area (Å²) in [5.74, 6) is 8.71. The minimum absolute atomic E-state index is 0.0420. The average Bonchev–Trinajstić information content (AvgIpc) is 3.49. The van der Waals surface area contributed by atoms with Crippen LogP contribution in [0.1, 0.15) is 121 Å². The average molecular weight is 591 g/mol. The lowest BCUT2D eigenvalue weighted by molar-refractivity contribution is 0.0513. The molecule has 0 spiro atoms. The predicted octanol–water partition coefficient (Wildman–Crippen LogP) is 9.53. The van der Waals surface area contributed by atoms with Gasteiger partial charge in [-0.3, -0.25) is 0 Å². The molecule has 4 unspecified atom stereocenters. The molecule has 2 aliphatic carbocycles. The topological polar surface area (TPSA) is 53.0 Å². The van der Waals surface area contributed by atoms with Gasteiger partial charge in [0.05, 0.1) is 12.2 Å². The number of aliphatic hydroxyl groups excluding tert-OH is 2. The molecule has 0 amide bonds. The Kier molecular flexibility index (Phi) is 12.0. The van der Waals surface area contributed by atoms with Crippen LogP contribution in [0.2, 0.25) is 0 Å². The van der Waals surface area contributed by atoms with E-state index in [1.807, 2.05) is 0 Å². The number of ether oxygens (including phenoxy) is 1. The number of hydrogen-bond acceptors (Lipinski definition) is 3. The van der Waals surface area contributed by atoms with Gasteiger partial charge >= 0.3 is 0 Å². The van der Waals surface area contributed by atoms with Gasteiger partial charge in [0.15, 0.2) is 0 Å². The van der Waals surface area contributed by atoms with Crippen molar-refractivity contribution in [3.63, 3.8) is 0 Å². The summed E-state index contributed by atoms with van der Waals surface area (Å²) in [7, 11) is 0. The van der Waals surface area contributed by atoms with Crippen LogP contribution in [-0.4, -0.2) is 33.6 Å². The van der Waals surface area contributed by atoms with Crippen molar-refractivity contribution in [2.45, 2.75) is 144 Å². The molecule has 1 saturated heterocycles. The van der Waals surface area contributed by atoms with Crippen LogP contribution >= 0.6 is 0 Å². The van der Waals surface area contributed by atoms with Crippen molar-refractivity contribution >= 4 is 0 Å². The SMILES string of the molecule is CC1=C(C#CC(C)C/C=C/C(C)/C=C/CCC(C)/C=C/CC(C)/C=C/[C@@]23O[C@]2(C)C[C@@H](O)CC3(C)C)C(C)(C)C[C@H](O)C1. The van der Waals surface area contributed by atoms with E-state index < -0.39 is 0 Å². The van der Waals surface area contributed by atoms with Gasteiger partial charge in [-0.25, -0.2) is 0 Å². The zero-order valence-corrected chi connectivity index (χ0v) is 29.0. The van der Waals surface area contributed by atoms with Crippen LogP contribution in [0.5, 0.6) is 0 Å². The highest BCUT2D eigenvalue weighted by molar-refractivity contribution is 5.40. The fourth-order valence-corrected chi connectivity index (χ4v) is 7.63. The lowest BCUT2D eigenvalue weighted by Crippen LogP contribution is -2.46. The van der Waals surface area contributed by atoms with Gasteiger partial charge in [0.25, 0.3) is 0 Å². The summed E-state index contributed by atoms with van der Waals surface area (Å²) in [6.45, 7) is 22.2. The quantitative estimate of drug-likeness (QED) is 0.135. The second-order valence-electron chi connectivity index (χ2n) is 15.8. The number of rotatable bonds is 12. The first-order chi connectivity index (χ1) is 20.0. The van der Waals surface area contributed by atoms with Gasteiger partial charge in [0, 0.05) is 28.7 Å². The van der Waals surface area contributed by atoms with E-state index in [-0.39, 0.29) is 34.2 Å². The maximum atomic E-state index is 10.3. The fourth-order valence-electron chi connectivity index (χ4n) is 7.63. The van der Waals surface area contributed by atoms with Crippen molar-refractivity contribution in [1.29, 1.82) is 0 Å². The van der Waals surface area contributed by atoms with Gasteiger partial charge in [0.2, 0.25) is 0 Å². The highest BCUT2D eigenvalue weighted by atomic mass is 16.6. The number of allylic oxidation sites excluding steroid dienone is 8. The normalized spacial score (nSPS) is 33.0. The van der Waals surface area contributed by atoms with E-state index in [0.29, 0.717) is 23.7 Å². The lowest BCUT2D eigenvalue weighted by atomic mass is 9.63. The molecule has 0 bridgehead atoms. The summed E-state index contributed by atoms with van der Waals surface area (Å²) in [5.41, 5.74) is 1.92. The smallest absolute Gasteiger partial charge is 0.121 e. The standard InChI is InChI=1S/C40H62O3/c1-29(17-13-19-31(3)21-22-36-33(5)25-34(41)26-37(36,6)7)15-11-12-16-30(2)18-14-20-32(4)23-24-40-38(8,9)27-35(42)28-39(40,10)43-40/h11,13-15,17-18,23-24,29-32,34-35,41-42H,12,16,19-20,25-28H2,1-10H3/b15-11+,17-13+,18-14+,24-23+/t29?,30?,31?,32?,34-,35+,39-,40+/m1/s1. The van der Waals surface area contributed by atoms with Crippen molar-refractivity contribution < 1.29 is 14.9 Å². The molecule has 3 rings (SSSR count). The Morgan fingerprint density at radius 3 is 2.19 bits per heavy atom. The lowest BCUT2D eigenvalue weighted by Gasteiger charge is -2.39. The van der Waals surface area contributed by atoms with Crippen LogP contribution in [0, 0.1) is 46.3 Å². The van der Waals surface area contributed by atoms with Gasteiger partial charge < -0.3 is 14.9 Å². The van der Waals surface area contributed by atoms with E-state index in [4.69, 9.17) is 4.74 Å². The van der Waals surface area contributed by atoms with Gasteiger partial charge in [-0.1, -0.05) is 121 Å². The molecule has 2 N–H and O–H groups in total. The molecule has 0 aromatic carbocycles. The third-order valence-electron chi connectivity index (χ3n) is 10.1. The monoisotopic (exact) mass is 590 g/mol. The summed E-state index contributed by atoms with van der Waals surface area (Å²) in [4.78, 5) is 0. The molecule has 3 nitrogen and oxygen atoms in total. The Bertz CT molecular complexity index is 1150. The second-order valence-corrected chi connectivity index (χ2v) is 15.8. The third-order valence-corrected chi connectivity index (χ3v) is 10.1. The summed E-state index contributed by atoms with van der Waals surface area (Å²) < 4.78 is 6.29. The molecule has 43 heavy (non-hydrogen) atoms. The highest BCUT2D eigenvalue weighted by Crippen LogP contribution is 2.66. The zero-order valence-electron chi connectivity index (χ0n) is 29.0. The van der Waals surface area contributed by atoms with E-state index in [1.54, 1.807) is 0 Å². The molecule has 1 heterocycles. The number of aliphatic hydroxyl groups is 2. The van der Waals surface area contributed by atoms with E-state index in [1.165, 1.54) is 11.1 Å². The molecule has 0 aromatic rings. The first-order valence-corrected chi connectivity index (χ1v) is 17.0. The van der Waals surface area contributed by atoms with Crippen molar-refractivity contribution in [3.05, 3.63) is 59.8 Å². The van der Waals surface area contributed by atoms with Crippen LogP contribution in [0.15, 0.2) is 59.8 Å². The van der Waals surface area contributed by atoms with Crippen molar-refractivity contribution in [2.24, 2.45) is 34.5 Å². The number of hydrogen-bond donors (Lipinski definition) is 2. The number of fused-ring (bicyclic) bond motifs is 1. The Hall–Kier alpha value is -1.86. The Balaban J connectivity index is 1.35. The van der Waals surface area contributed by atoms with E-state index >= 15 is 0 Å². The summed E-state index contributed by atoms with van der Waals surface area (Å²) in [5, 5.41) is 20.4. The molecule has 1 aliphatic heterocycles. The zero-order chi connectivity index (χ0) is 32.1. The largest absolute Gasteiger partial charge is 0.393 e. The highest BCUT2D eigenvalue weighted by Gasteiger charge is 2.74. The molecular weight excluding hydrogens is 528 g/mol. The van der Waals surface area contributed by atoms with Crippen LogP contribution in [0.3, 0.4) is 0 Å². The molecule has 2 fully saturated rings. The van der Waals surface area contributed by atoms with Crippen LogP contribution in [-0.2, 0) is 4.74 Å². The van der Waals surface area contributed by atoms with E-state index in [0.717, 1.165) is 51.4 Å². The van der Waals surface area contributed by atoms with Crippen molar-refractivity contribution in [3.8, 4) is 11.8 Å². The maximum Gasteiger partial charge on any atom is 0.121 e. The molecule has 1 saturated carbocycles. The molecule has 0 radical (unpaired) electrons. The van der Waals surface area contributed by atoms with Gasteiger partial charge in [0.1, 0.15) is 11.2 Å². The summed E-state index contributed by atoms with van der Waals surface area (Å²) in [6.07, 6.45) is 25.4. The fraction of sp³-hybridized carbons (Fsp3) is 0.700. The molecule has 3 aliphatic rings. The minimum Gasteiger partial charge on any atom is -0.393 e. The van der Waals surface area contributed by atoms with Crippen molar-refractivity contribution in [2.75, 3.05) is 0 Å². The number of epoxide rings is 1. The summed E-state index contributed by atoms with van der Waals surface area (Å²) in [6, 6.07) is 0. The third kappa shape index (κ3) is 9.32. The maximum absolute atomic E-state index is 10.3. The molecular formula is C40H62O3. The van der Waals surface area contributed by atoms with Gasteiger partial charge in [-0.15, -0.1) is 0 Å². The van der Waals surface area contributed by atoms with Gasteiger partial charge in [-0.05, 0) is 76.5 Å².